The van der Waals surface area contributed by atoms with Gasteiger partial charge in [-0.15, -0.1) is 11.3 Å². The van der Waals surface area contributed by atoms with E-state index in [4.69, 9.17) is 21.4 Å². The van der Waals surface area contributed by atoms with Gasteiger partial charge in [0.15, 0.2) is 0 Å². The Labute approximate surface area is 121 Å². The lowest BCUT2D eigenvalue weighted by molar-refractivity contribution is 0.305. The van der Waals surface area contributed by atoms with Gasteiger partial charge in [0.25, 0.3) is 0 Å². The van der Waals surface area contributed by atoms with Gasteiger partial charge in [0.2, 0.25) is 0 Å². The quantitative estimate of drug-likeness (QED) is 0.871. The highest BCUT2D eigenvalue weighted by molar-refractivity contribution is 7.10. The molecule has 0 aliphatic heterocycles. The van der Waals surface area contributed by atoms with E-state index in [1.54, 1.807) is 17.4 Å². The number of hydrogen-bond acceptors (Lipinski definition) is 3. The molecule has 0 atom stereocenters. The molecular formula is C15H13ClO2S. The molecule has 2 rings (SSSR count). The fraction of sp³-hybridized carbons (Fsp3) is 0.200. The maximum atomic E-state index is 8.65. The van der Waals surface area contributed by atoms with Gasteiger partial charge < -0.3 is 9.84 Å². The van der Waals surface area contributed by atoms with Crippen molar-refractivity contribution in [1.82, 2.24) is 0 Å². The minimum Gasteiger partial charge on any atom is -0.487 e. The zero-order chi connectivity index (χ0) is 13.5. The van der Waals surface area contributed by atoms with E-state index in [0.29, 0.717) is 23.8 Å². The first-order valence-corrected chi connectivity index (χ1v) is 7.10. The maximum Gasteiger partial charge on any atom is 0.138 e. The lowest BCUT2D eigenvalue weighted by Gasteiger charge is -2.05. The number of halogens is 1. The SMILES string of the molecule is OCCC#Cc1csc(COc2ccccc2Cl)c1. The molecular weight excluding hydrogens is 280 g/mol. The van der Waals surface area contributed by atoms with E-state index in [1.807, 2.05) is 29.6 Å². The van der Waals surface area contributed by atoms with Crippen LogP contribution in [0.25, 0.3) is 0 Å². The zero-order valence-electron chi connectivity index (χ0n) is 10.2. The van der Waals surface area contributed by atoms with E-state index in [-0.39, 0.29) is 6.61 Å². The summed E-state index contributed by atoms with van der Waals surface area (Å²) in [5.41, 5.74) is 0.955. The van der Waals surface area contributed by atoms with Crippen LogP contribution in [0.1, 0.15) is 16.9 Å². The molecule has 1 aromatic heterocycles. The van der Waals surface area contributed by atoms with Gasteiger partial charge >= 0.3 is 0 Å². The predicted octanol–water partition coefficient (Wildman–Crippen LogP) is 3.71. The molecule has 1 aromatic carbocycles. The summed E-state index contributed by atoms with van der Waals surface area (Å²) in [6, 6.07) is 9.40. The second-order valence-corrected chi connectivity index (χ2v) is 5.20. The molecule has 0 spiro atoms. The van der Waals surface area contributed by atoms with E-state index in [1.165, 1.54) is 0 Å². The smallest absolute Gasteiger partial charge is 0.138 e. The van der Waals surface area contributed by atoms with Gasteiger partial charge in [-0.05, 0) is 18.2 Å². The van der Waals surface area contributed by atoms with Gasteiger partial charge in [0, 0.05) is 22.2 Å². The first-order valence-electron chi connectivity index (χ1n) is 5.84. The summed E-state index contributed by atoms with van der Waals surface area (Å²) in [6.45, 7) is 0.579. The molecule has 2 nitrogen and oxygen atoms in total. The van der Waals surface area contributed by atoms with Crippen molar-refractivity contribution >= 4 is 22.9 Å². The van der Waals surface area contributed by atoms with Crippen molar-refractivity contribution in [2.45, 2.75) is 13.0 Å². The van der Waals surface area contributed by atoms with Crippen molar-refractivity contribution in [2.24, 2.45) is 0 Å². The summed E-state index contributed by atoms with van der Waals surface area (Å²) in [6.07, 6.45) is 0.501. The summed E-state index contributed by atoms with van der Waals surface area (Å²) >= 11 is 7.61. The molecule has 0 fully saturated rings. The maximum absolute atomic E-state index is 8.65. The van der Waals surface area contributed by atoms with Gasteiger partial charge in [-0.25, -0.2) is 0 Å². The second-order valence-electron chi connectivity index (χ2n) is 3.80. The minimum atomic E-state index is 0.0968. The molecule has 2 aromatic rings. The lowest BCUT2D eigenvalue weighted by atomic mass is 10.3. The van der Waals surface area contributed by atoms with Crippen molar-refractivity contribution in [3.05, 3.63) is 51.2 Å². The Morgan fingerprint density at radius 1 is 1.32 bits per heavy atom. The molecule has 0 saturated heterocycles. The van der Waals surface area contributed by atoms with E-state index in [9.17, 15) is 0 Å². The van der Waals surface area contributed by atoms with E-state index >= 15 is 0 Å². The van der Waals surface area contributed by atoms with E-state index in [2.05, 4.69) is 11.8 Å². The Hall–Kier alpha value is -1.47. The van der Waals surface area contributed by atoms with Crippen molar-refractivity contribution in [1.29, 1.82) is 0 Å². The third kappa shape index (κ3) is 4.29. The monoisotopic (exact) mass is 292 g/mol. The Balaban J connectivity index is 1.94. The number of hydrogen-bond donors (Lipinski definition) is 1. The van der Waals surface area contributed by atoms with Crippen LogP contribution in [0.3, 0.4) is 0 Å². The molecule has 0 radical (unpaired) electrons. The van der Waals surface area contributed by atoms with Gasteiger partial charge in [-0.2, -0.15) is 0 Å². The van der Waals surface area contributed by atoms with Crippen LogP contribution in [-0.4, -0.2) is 11.7 Å². The third-order valence-corrected chi connectivity index (χ3v) is 3.55. The number of aliphatic hydroxyl groups excluding tert-OH is 1. The molecule has 0 aliphatic rings. The summed E-state index contributed by atoms with van der Waals surface area (Å²) < 4.78 is 5.65. The average Bonchev–Trinajstić information content (AvgIpc) is 2.86. The normalized spacial score (nSPS) is 9.79. The molecule has 1 N–H and O–H groups in total. The fourth-order valence-corrected chi connectivity index (χ4v) is 2.37. The number of benzene rings is 1. The van der Waals surface area contributed by atoms with Crippen LogP contribution in [0.15, 0.2) is 35.7 Å². The van der Waals surface area contributed by atoms with E-state index < -0.39 is 0 Å². The highest BCUT2D eigenvalue weighted by Crippen LogP contribution is 2.25. The van der Waals surface area contributed by atoms with Gasteiger partial charge in [0.05, 0.1) is 11.6 Å². The third-order valence-electron chi connectivity index (χ3n) is 2.33. The molecule has 0 saturated carbocycles. The summed E-state index contributed by atoms with van der Waals surface area (Å²) in [5, 5.41) is 11.2. The number of rotatable bonds is 4. The van der Waals surface area contributed by atoms with Crippen molar-refractivity contribution in [3.8, 4) is 17.6 Å². The largest absolute Gasteiger partial charge is 0.487 e. The number of aliphatic hydroxyl groups is 1. The highest BCUT2D eigenvalue weighted by atomic mass is 35.5. The molecule has 0 amide bonds. The van der Waals surface area contributed by atoms with E-state index in [0.717, 1.165) is 10.4 Å². The van der Waals surface area contributed by atoms with Gasteiger partial charge in [0.1, 0.15) is 12.4 Å². The fourth-order valence-electron chi connectivity index (χ4n) is 1.45. The van der Waals surface area contributed by atoms with Gasteiger partial charge in [-0.1, -0.05) is 35.6 Å². The van der Waals surface area contributed by atoms with Crippen molar-refractivity contribution in [2.75, 3.05) is 6.61 Å². The topological polar surface area (TPSA) is 29.5 Å². The predicted molar refractivity (Wildman–Crippen MR) is 78.7 cm³/mol. The molecule has 0 aliphatic carbocycles. The minimum absolute atomic E-state index is 0.0968. The van der Waals surface area contributed by atoms with Crippen LogP contribution in [0.2, 0.25) is 5.02 Å². The highest BCUT2D eigenvalue weighted by Gasteiger charge is 2.02. The first kappa shape index (κ1) is 14.0. The second kappa shape index (κ2) is 7.20. The van der Waals surface area contributed by atoms with Crippen molar-refractivity contribution < 1.29 is 9.84 Å². The molecule has 98 valence electrons. The van der Waals surface area contributed by atoms with Crippen LogP contribution < -0.4 is 4.74 Å². The summed E-state index contributed by atoms with van der Waals surface area (Å²) in [4.78, 5) is 1.09. The van der Waals surface area contributed by atoms with Crippen LogP contribution >= 0.6 is 22.9 Å². The van der Waals surface area contributed by atoms with Crippen molar-refractivity contribution in [3.63, 3.8) is 0 Å². The average molecular weight is 293 g/mol. The number of para-hydroxylation sites is 1. The Morgan fingerprint density at radius 3 is 2.95 bits per heavy atom. The lowest BCUT2D eigenvalue weighted by Crippen LogP contribution is -1.93. The van der Waals surface area contributed by atoms with Crippen LogP contribution in [0.5, 0.6) is 5.75 Å². The Bertz CT molecular complexity index is 595. The van der Waals surface area contributed by atoms with Crippen LogP contribution in [0, 0.1) is 11.8 Å². The van der Waals surface area contributed by atoms with Crippen LogP contribution in [-0.2, 0) is 6.61 Å². The van der Waals surface area contributed by atoms with Crippen LogP contribution in [0.4, 0.5) is 0 Å². The summed E-state index contributed by atoms with van der Waals surface area (Å²) in [5.74, 6) is 6.57. The number of thiophene rings is 1. The molecule has 0 bridgehead atoms. The molecule has 1 heterocycles. The zero-order valence-corrected chi connectivity index (χ0v) is 11.8. The Kier molecular flexibility index (Phi) is 5.29. The van der Waals surface area contributed by atoms with Gasteiger partial charge in [-0.3, -0.25) is 0 Å². The first-order chi connectivity index (χ1) is 9.29. The summed E-state index contributed by atoms with van der Waals surface area (Å²) in [7, 11) is 0. The molecule has 19 heavy (non-hydrogen) atoms. The standard InChI is InChI=1S/C15H13ClO2S/c16-14-6-1-2-7-15(14)18-10-13-9-12(11-19-13)5-3-4-8-17/h1-2,6-7,9,11,17H,4,8,10H2. The molecule has 0 unspecified atom stereocenters. The number of ether oxygens (including phenoxy) is 1. The molecule has 4 heteroatoms. The Morgan fingerprint density at radius 2 is 2.16 bits per heavy atom.